The minimum absolute atomic E-state index is 0.328. The lowest BCUT2D eigenvalue weighted by Crippen LogP contribution is -2.01. The van der Waals surface area contributed by atoms with Gasteiger partial charge in [-0.05, 0) is 6.07 Å². The average Bonchev–Trinajstić information content (AvgIpc) is 2.42. The molecule has 0 saturated heterocycles. The number of carbonyl (C=O) groups is 1. The van der Waals surface area contributed by atoms with Crippen molar-refractivity contribution < 1.29 is 19.0 Å². The van der Waals surface area contributed by atoms with Gasteiger partial charge in [0.25, 0.3) is 0 Å². The second-order valence-electron chi connectivity index (χ2n) is 3.36. The average molecular weight is 248 g/mol. The van der Waals surface area contributed by atoms with Crippen LogP contribution in [0.15, 0.2) is 37.4 Å². The molecule has 0 saturated carbocycles. The van der Waals surface area contributed by atoms with Crippen LogP contribution in [-0.2, 0) is 0 Å². The summed E-state index contributed by atoms with van der Waals surface area (Å²) in [5.41, 5.74) is 0.405. The number of methoxy groups -OCH3 is 1. The maximum absolute atomic E-state index is 10.9. The van der Waals surface area contributed by atoms with Gasteiger partial charge in [0.15, 0.2) is 17.8 Å². The molecule has 0 aliphatic heterocycles. The third kappa shape index (κ3) is 3.38. The molecule has 0 atom stereocenters. The summed E-state index contributed by atoms with van der Waals surface area (Å²) in [4.78, 5) is 10.9. The number of carbonyl (C=O) groups excluding carboxylic acids is 1. The van der Waals surface area contributed by atoms with E-state index in [1.165, 1.54) is 7.11 Å². The topological polar surface area (TPSA) is 44.8 Å². The number of aldehydes is 1. The molecule has 0 radical (unpaired) electrons. The Morgan fingerprint density at radius 1 is 1.06 bits per heavy atom. The molecule has 0 aromatic heterocycles. The van der Waals surface area contributed by atoms with E-state index in [1.807, 2.05) is 0 Å². The predicted octanol–water partition coefficient (Wildman–Crippen LogP) is 2.64. The van der Waals surface area contributed by atoms with E-state index in [0.29, 0.717) is 42.3 Å². The molecule has 0 spiro atoms. The van der Waals surface area contributed by atoms with E-state index in [4.69, 9.17) is 14.2 Å². The summed E-state index contributed by atoms with van der Waals surface area (Å²) in [6.07, 6.45) is 3.94. The molecule has 0 amide bonds. The van der Waals surface area contributed by atoms with Crippen LogP contribution >= 0.6 is 0 Å². The molecule has 0 aliphatic carbocycles. The highest BCUT2D eigenvalue weighted by atomic mass is 16.5. The van der Waals surface area contributed by atoms with Gasteiger partial charge >= 0.3 is 0 Å². The zero-order valence-electron chi connectivity index (χ0n) is 10.3. The third-order valence-electron chi connectivity index (χ3n) is 2.14. The number of hydrogen-bond acceptors (Lipinski definition) is 4. The first kappa shape index (κ1) is 13.8. The highest BCUT2D eigenvalue weighted by Gasteiger charge is 2.12. The number of hydrogen-bond donors (Lipinski definition) is 0. The zero-order valence-corrected chi connectivity index (χ0v) is 10.3. The quantitative estimate of drug-likeness (QED) is 0.524. The summed E-state index contributed by atoms with van der Waals surface area (Å²) in [5, 5.41) is 0. The molecule has 18 heavy (non-hydrogen) atoms. The smallest absolute Gasteiger partial charge is 0.165 e. The maximum atomic E-state index is 10.9. The van der Waals surface area contributed by atoms with Crippen LogP contribution in [0.2, 0.25) is 0 Å². The molecule has 1 aromatic rings. The van der Waals surface area contributed by atoms with Crippen molar-refractivity contribution in [3.8, 4) is 17.2 Å². The van der Waals surface area contributed by atoms with Gasteiger partial charge < -0.3 is 14.2 Å². The van der Waals surface area contributed by atoms with E-state index in [1.54, 1.807) is 24.3 Å². The largest absolute Gasteiger partial charge is 0.496 e. The lowest BCUT2D eigenvalue weighted by atomic mass is 10.2. The van der Waals surface area contributed by atoms with Gasteiger partial charge in [0, 0.05) is 6.07 Å². The molecule has 0 fully saturated rings. The van der Waals surface area contributed by atoms with Gasteiger partial charge in [-0.2, -0.15) is 0 Å². The van der Waals surface area contributed by atoms with Crippen LogP contribution in [0.25, 0.3) is 0 Å². The van der Waals surface area contributed by atoms with E-state index in [9.17, 15) is 4.79 Å². The Kier molecular flexibility index (Phi) is 5.51. The van der Waals surface area contributed by atoms with Gasteiger partial charge in [0.05, 0.1) is 12.7 Å². The molecule has 0 heterocycles. The monoisotopic (exact) mass is 248 g/mol. The molecule has 4 nitrogen and oxygen atoms in total. The van der Waals surface area contributed by atoms with Gasteiger partial charge in [-0.25, -0.2) is 0 Å². The van der Waals surface area contributed by atoms with Crippen LogP contribution in [0, 0.1) is 0 Å². The molecule has 0 aliphatic rings. The van der Waals surface area contributed by atoms with Crippen LogP contribution < -0.4 is 14.2 Å². The summed E-state index contributed by atoms with van der Waals surface area (Å²) in [6, 6.07) is 3.19. The van der Waals surface area contributed by atoms with Crippen molar-refractivity contribution in [2.24, 2.45) is 0 Å². The molecule has 1 aromatic carbocycles. The SMILES string of the molecule is C=CCOc1cc(C=O)c(OC)cc1OCC=C. The van der Waals surface area contributed by atoms with Crippen molar-refractivity contribution >= 4 is 6.29 Å². The zero-order chi connectivity index (χ0) is 13.4. The molecule has 0 bridgehead atoms. The minimum atomic E-state index is 0.328. The lowest BCUT2D eigenvalue weighted by Gasteiger charge is -2.13. The Labute approximate surface area is 106 Å². The lowest BCUT2D eigenvalue weighted by molar-refractivity contribution is 0.112. The molecule has 96 valence electrons. The summed E-state index contributed by atoms with van der Waals surface area (Å²) < 4.78 is 16.0. The molecular formula is C14H16O4. The Morgan fingerprint density at radius 3 is 2.06 bits per heavy atom. The Bertz CT molecular complexity index is 438. The van der Waals surface area contributed by atoms with Gasteiger partial charge in [-0.15, -0.1) is 0 Å². The van der Waals surface area contributed by atoms with Crippen LogP contribution in [0.5, 0.6) is 17.2 Å². The van der Waals surface area contributed by atoms with Crippen molar-refractivity contribution in [2.45, 2.75) is 0 Å². The minimum Gasteiger partial charge on any atom is -0.496 e. The highest BCUT2D eigenvalue weighted by molar-refractivity contribution is 5.81. The molecular weight excluding hydrogens is 232 g/mol. The molecule has 4 heteroatoms. The molecule has 1 rings (SSSR count). The van der Waals surface area contributed by atoms with Crippen LogP contribution in [0.1, 0.15) is 10.4 Å². The molecule has 0 unspecified atom stereocenters. The first-order chi connectivity index (χ1) is 8.76. The van der Waals surface area contributed by atoms with Crippen molar-refractivity contribution in [2.75, 3.05) is 20.3 Å². The van der Waals surface area contributed by atoms with Crippen molar-refractivity contribution in [3.05, 3.63) is 43.0 Å². The summed E-state index contributed by atoms with van der Waals surface area (Å²) in [7, 11) is 1.49. The molecule has 0 N–H and O–H groups in total. The van der Waals surface area contributed by atoms with E-state index >= 15 is 0 Å². The van der Waals surface area contributed by atoms with Gasteiger partial charge in [-0.3, -0.25) is 4.79 Å². The Morgan fingerprint density at radius 2 is 1.61 bits per heavy atom. The van der Waals surface area contributed by atoms with Crippen molar-refractivity contribution in [1.29, 1.82) is 0 Å². The Hall–Kier alpha value is -2.23. The Balaban J connectivity index is 3.12. The van der Waals surface area contributed by atoms with E-state index < -0.39 is 0 Å². The van der Waals surface area contributed by atoms with Crippen LogP contribution in [0.3, 0.4) is 0 Å². The van der Waals surface area contributed by atoms with E-state index in [2.05, 4.69) is 13.2 Å². The van der Waals surface area contributed by atoms with Crippen LogP contribution in [-0.4, -0.2) is 26.6 Å². The van der Waals surface area contributed by atoms with E-state index in [-0.39, 0.29) is 0 Å². The second kappa shape index (κ2) is 7.17. The normalized spacial score (nSPS) is 9.39. The fourth-order valence-electron chi connectivity index (χ4n) is 1.35. The first-order valence-electron chi connectivity index (χ1n) is 5.41. The number of ether oxygens (including phenoxy) is 3. The van der Waals surface area contributed by atoms with Gasteiger partial charge in [0.1, 0.15) is 19.0 Å². The fourth-order valence-corrected chi connectivity index (χ4v) is 1.35. The van der Waals surface area contributed by atoms with Crippen molar-refractivity contribution in [3.63, 3.8) is 0 Å². The van der Waals surface area contributed by atoms with Gasteiger partial charge in [-0.1, -0.05) is 25.3 Å². The number of rotatable bonds is 8. The summed E-state index contributed by atoms with van der Waals surface area (Å²) >= 11 is 0. The maximum Gasteiger partial charge on any atom is 0.165 e. The third-order valence-corrected chi connectivity index (χ3v) is 2.14. The van der Waals surface area contributed by atoms with E-state index in [0.717, 1.165) is 0 Å². The van der Waals surface area contributed by atoms with Gasteiger partial charge in [0.2, 0.25) is 0 Å². The fraction of sp³-hybridized carbons (Fsp3) is 0.214. The first-order valence-corrected chi connectivity index (χ1v) is 5.41. The summed E-state index contributed by atoms with van der Waals surface area (Å²) in [5.74, 6) is 1.41. The predicted molar refractivity (Wildman–Crippen MR) is 69.8 cm³/mol. The van der Waals surface area contributed by atoms with Crippen LogP contribution in [0.4, 0.5) is 0 Å². The number of benzene rings is 1. The van der Waals surface area contributed by atoms with Crippen molar-refractivity contribution in [1.82, 2.24) is 0 Å². The second-order valence-corrected chi connectivity index (χ2v) is 3.36. The highest BCUT2D eigenvalue weighted by Crippen LogP contribution is 2.34. The standard InChI is InChI=1S/C14H16O4/c1-4-6-17-13-8-11(10-15)12(16-3)9-14(13)18-7-5-2/h4-5,8-10H,1-2,6-7H2,3H3. The summed E-state index contributed by atoms with van der Waals surface area (Å²) in [6.45, 7) is 7.81.